The van der Waals surface area contributed by atoms with E-state index in [1.807, 2.05) is 41.3 Å². The Hall–Kier alpha value is -4.11. The number of hydrogen-bond acceptors (Lipinski definition) is 4. The second kappa shape index (κ2) is 11.7. The Morgan fingerprint density at radius 3 is 2.16 bits per heavy atom. The maximum Gasteiger partial charge on any atom is 0.306 e. The lowest BCUT2D eigenvalue weighted by Crippen LogP contribution is -2.28. The Morgan fingerprint density at radius 2 is 1.62 bits per heavy atom. The van der Waals surface area contributed by atoms with Gasteiger partial charge in [0.05, 0.1) is 11.9 Å². The molecule has 37 heavy (non-hydrogen) atoms. The Morgan fingerprint density at radius 1 is 1.00 bits per heavy atom. The van der Waals surface area contributed by atoms with Crippen LogP contribution >= 0.6 is 0 Å². The third-order valence-corrected chi connectivity index (χ3v) is 6.68. The van der Waals surface area contributed by atoms with E-state index >= 15 is 0 Å². The fourth-order valence-corrected chi connectivity index (χ4v) is 4.36. The van der Waals surface area contributed by atoms with Crippen molar-refractivity contribution in [2.45, 2.75) is 39.2 Å². The van der Waals surface area contributed by atoms with Crippen molar-refractivity contribution in [3.63, 3.8) is 0 Å². The van der Waals surface area contributed by atoms with Crippen molar-refractivity contribution < 1.29 is 24.2 Å². The van der Waals surface area contributed by atoms with Crippen LogP contribution in [0.2, 0.25) is 0 Å². The average molecular weight is 499 g/mol. The number of anilines is 1. The number of aliphatic carboxylic acids is 1. The molecule has 190 valence electrons. The zero-order valence-corrected chi connectivity index (χ0v) is 20.7. The molecule has 0 aliphatic heterocycles. The highest BCUT2D eigenvalue weighted by Crippen LogP contribution is 2.40. The van der Waals surface area contributed by atoms with Crippen LogP contribution in [0.1, 0.15) is 58.8 Å². The van der Waals surface area contributed by atoms with E-state index in [2.05, 4.69) is 30.9 Å². The molecule has 1 fully saturated rings. The number of unbranched alkanes of at least 4 members (excludes halogenated alkanes) is 1. The van der Waals surface area contributed by atoms with Crippen molar-refractivity contribution in [1.82, 2.24) is 0 Å². The number of carboxylic acid groups (broad SMARTS) is 2. The largest absolute Gasteiger partial charge is 0.545 e. The number of carboxylic acids is 2. The van der Waals surface area contributed by atoms with Gasteiger partial charge in [-0.15, -0.1) is 0 Å². The first kappa shape index (κ1) is 26.0. The molecule has 0 amide bonds. The smallest absolute Gasteiger partial charge is 0.306 e. The van der Waals surface area contributed by atoms with E-state index in [4.69, 9.17) is 0 Å². The van der Waals surface area contributed by atoms with Gasteiger partial charge in [0.1, 0.15) is 5.82 Å². The molecule has 0 heterocycles. The molecule has 4 rings (SSSR count). The summed E-state index contributed by atoms with van der Waals surface area (Å²) in [7, 11) is 0. The van der Waals surface area contributed by atoms with Gasteiger partial charge >= 0.3 is 5.97 Å². The van der Waals surface area contributed by atoms with E-state index in [-0.39, 0.29) is 5.92 Å². The third kappa shape index (κ3) is 6.98. The molecule has 2 atom stereocenters. The van der Waals surface area contributed by atoms with E-state index in [1.165, 1.54) is 30.5 Å². The highest BCUT2D eigenvalue weighted by Gasteiger charge is 2.44. The van der Waals surface area contributed by atoms with Gasteiger partial charge in [-0.05, 0) is 78.8 Å². The zero-order valence-electron chi connectivity index (χ0n) is 20.7. The molecule has 5 nitrogen and oxygen atoms in total. The highest BCUT2D eigenvalue weighted by molar-refractivity contribution is 5.87. The topological polar surface area (TPSA) is 80.7 Å². The number of benzene rings is 3. The third-order valence-electron chi connectivity index (χ3n) is 6.68. The van der Waals surface area contributed by atoms with Crippen LogP contribution in [0.15, 0.2) is 66.7 Å². The Labute approximate surface area is 216 Å². The van der Waals surface area contributed by atoms with Gasteiger partial charge in [0.2, 0.25) is 0 Å². The fourth-order valence-electron chi connectivity index (χ4n) is 4.36. The molecule has 3 aromatic rings. The SMILES string of the molecule is CCCCc1ccc(C#Cc2ccc(CN(CC3CC3C(=O)O)c3ccc(F)c(C(=O)[O-])c3)cc2)cc1. The summed E-state index contributed by atoms with van der Waals surface area (Å²) < 4.78 is 13.9. The number of halogens is 1. The molecule has 1 aliphatic carbocycles. The van der Waals surface area contributed by atoms with Gasteiger partial charge in [0.15, 0.2) is 0 Å². The first-order valence-electron chi connectivity index (χ1n) is 12.5. The number of carbonyl (C=O) groups is 2. The minimum atomic E-state index is -1.59. The monoisotopic (exact) mass is 498 g/mol. The van der Waals surface area contributed by atoms with Gasteiger partial charge in [-0.2, -0.15) is 0 Å². The predicted molar refractivity (Wildman–Crippen MR) is 138 cm³/mol. The van der Waals surface area contributed by atoms with Crippen LogP contribution in [0.5, 0.6) is 0 Å². The standard InChI is InChI=1S/C31H30FNO4/c1-2-3-4-21-5-7-22(8-6-21)9-10-23-11-13-24(14-12-23)19-33(20-25-17-27(25)30(34)35)26-15-16-29(32)28(18-26)31(36)37/h5-8,11-16,18,25,27H,2-4,17,19-20H2,1H3,(H,34,35)(H,36,37)/p-1. The molecule has 0 radical (unpaired) electrons. The number of rotatable bonds is 10. The summed E-state index contributed by atoms with van der Waals surface area (Å²) >= 11 is 0. The van der Waals surface area contributed by atoms with Crippen molar-refractivity contribution in [2.75, 3.05) is 11.4 Å². The summed E-state index contributed by atoms with van der Waals surface area (Å²) in [6.07, 6.45) is 3.99. The van der Waals surface area contributed by atoms with Crippen LogP contribution in [-0.2, 0) is 17.8 Å². The summed E-state index contributed by atoms with van der Waals surface area (Å²) in [5.74, 6) is 2.62. The summed E-state index contributed by atoms with van der Waals surface area (Å²) in [5, 5.41) is 20.6. The number of aromatic carboxylic acids is 1. The lowest BCUT2D eigenvalue weighted by Gasteiger charge is -2.26. The van der Waals surface area contributed by atoms with Crippen molar-refractivity contribution in [1.29, 1.82) is 0 Å². The molecule has 0 bridgehead atoms. The molecule has 2 unspecified atom stereocenters. The summed E-state index contributed by atoms with van der Waals surface area (Å²) in [6.45, 7) is 3.01. The van der Waals surface area contributed by atoms with Gasteiger partial charge in [-0.25, -0.2) is 4.39 Å². The van der Waals surface area contributed by atoms with Crippen LogP contribution in [0.25, 0.3) is 0 Å². The van der Waals surface area contributed by atoms with Gasteiger partial charge in [-0.1, -0.05) is 49.5 Å². The highest BCUT2D eigenvalue weighted by atomic mass is 19.1. The number of carbonyl (C=O) groups excluding carboxylic acids is 1. The first-order valence-corrected chi connectivity index (χ1v) is 12.5. The minimum absolute atomic E-state index is 0.0487. The van der Waals surface area contributed by atoms with E-state index in [0.717, 1.165) is 29.2 Å². The van der Waals surface area contributed by atoms with Crippen molar-refractivity contribution in [2.24, 2.45) is 11.8 Å². The molecule has 1 saturated carbocycles. The molecule has 1 aliphatic rings. The summed E-state index contributed by atoms with van der Waals surface area (Å²) in [6, 6.07) is 19.9. The quantitative estimate of drug-likeness (QED) is 0.411. The van der Waals surface area contributed by atoms with E-state index < -0.39 is 29.2 Å². The zero-order chi connectivity index (χ0) is 26.4. The second-order valence-electron chi connectivity index (χ2n) is 9.52. The minimum Gasteiger partial charge on any atom is -0.545 e. The van der Waals surface area contributed by atoms with Gasteiger partial charge in [0.25, 0.3) is 0 Å². The fraction of sp³-hybridized carbons (Fsp3) is 0.290. The van der Waals surface area contributed by atoms with Crippen molar-refractivity contribution in [3.8, 4) is 11.8 Å². The normalized spacial score (nSPS) is 15.9. The maximum absolute atomic E-state index is 13.9. The lowest BCUT2D eigenvalue weighted by molar-refractivity contribution is -0.255. The van der Waals surface area contributed by atoms with Crippen LogP contribution in [-0.4, -0.2) is 23.6 Å². The second-order valence-corrected chi connectivity index (χ2v) is 9.52. The molecule has 3 aromatic carbocycles. The molecular weight excluding hydrogens is 469 g/mol. The lowest BCUT2D eigenvalue weighted by atomic mass is 10.1. The van der Waals surface area contributed by atoms with Gasteiger partial charge < -0.3 is 19.9 Å². The summed E-state index contributed by atoms with van der Waals surface area (Å²) in [4.78, 5) is 24.5. The Kier molecular flexibility index (Phi) is 8.25. The number of nitrogens with zero attached hydrogens (tertiary/aromatic N) is 1. The van der Waals surface area contributed by atoms with E-state index in [1.54, 1.807) is 0 Å². The van der Waals surface area contributed by atoms with E-state index in [0.29, 0.717) is 25.2 Å². The van der Waals surface area contributed by atoms with E-state index in [9.17, 15) is 24.2 Å². The van der Waals surface area contributed by atoms with Crippen LogP contribution in [0.4, 0.5) is 10.1 Å². The summed E-state index contributed by atoms with van der Waals surface area (Å²) in [5.41, 5.74) is 4.06. The molecule has 0 saturated heterocycles. The average Bonchev–Trinajstić information content (AvgIpc) is 3.67. The van der Waals surface area contributed by atoms with Crippen molar-refractivity contribution in [3.05, 3.63) is 100 Å². The Bertz CT molecular complexity index is 1320. The van der Waals surface area contributed by atoms with Gasteiger partial charge in [0, 0.05) is 35.5 Å². The molecule has 0 spiro atoms. The van der Waals surface area contributed by atoms with Gasteiger partial charge in [-0.3, -0.25) is 4.79 Å². The first-order chi connectivity index (χ1) is 17.8. The van der Waals surface area contributed by atoms with Crippen LogP contribution < -0.4 is 10.0 Å². The Balaban J connectivity index is 1.48. The molecular formula is C31H29FNO4-. The molecule has 1 N–H and O–H groups in total. The molecule has 0 aromatic heterocycles. The van der Waals surface area contributed by atoms with Crippen LogP contribution in [0, 0.1) is 29.5 Å². The number of hydrogen-bond donors (Lipinski definition) is 1. The molecule has 6 heteroatoms. The van der Waals surface area contributed by atoms with Crippen LogP contribution in [0.3, 0.4) is 0 Å². The van der Waals surface area contributed by atoms with Crippen molar-refractivity contribution >= 4 is 17.6 Å². The predicted octanol–water partition coefficient (Wildman–Crippen LogP) is 4.66. The maximum atomic E-state index is 13.9. The number of aryl methyl sites for hydroxylation is 1.